The molecule has 0 aliphatic carbocycles. The van der Waals surface area contributed by atoms with Crippen LogP contribution in [0, 0.1) is 0 Å². The van der Waals surface area contributed by atoms with Crippen LogP contribution in [0.4, 0.5) is 5.69 Å². The van der Waals surface area contributed by atoms with E-state index in [0.29, 0.717) is 47.6 Å². The number of benzene rings is 2. The van der Waals surface area contributed by atoms with Gasteiger partial charge in [0.2, 0.25) is 12.5 Å². The number of carbonyl (C=O) groups excluding carboxylic acids is 2. The van der Waals surface area contributed by atoms with Crippen LogP contribution < -0.4 is 29.0 Å². The molecule has 29 heavy (non-hydrogen) atoms. The molecule has 0 spiro atoms. The minimum atomic E-state index is -1.04. The Bertz CT molecular complexity index is 940. The van der Waals surface area contributed by atoms with Crippen molar-refractivity contribution in [1.29, 1.82) is 0 Å². The maximum absolute atomic E-state index is 12.5. The number of nitrogens with one attached hydrogen (secondary N) is 1. The number of methoxy groups -OCH3 is 1. The van der Waals surface area contributed by atoms with Crippen LogP contribution in [-0.4, -0.2) is 45.1 Å². The van der Waals surface area contributed by atoms with E-state index in [4.69, 9.17) is 28.4 Å². The zero-order chi connectivity index (χ0) is 20.4. The van der Waals surface area contributed by atoms with Gasteiger partial charge >= 0.3 is 5.97 Å². The van der Waals surface area contributed by atoms with E-state index >= 15 is 0 Å². The van der Waals surface area contributed by atoms with Crippen molar-refractivity contribution in [2.75, 3.05) is 32.4 Å². The Morgan fingerprint density at radius 1 is 1.00 bits per heavy atom. The SMILES string of the molecule is COc1cc(C(=O)O[C@@H](C)C(=O)Nc2ccc3c(c2)OCO3)cc2c1OCCO2. The smallest absolute Gasteiger partial charge is 0.339 e. The van der Waals surface area contributed by atoms with Gasteiger partial charge < -0.3 is 33.7 Å². The molecule has 0 unspecified atom stereocenters. The first kappa shape index (κ1) is 18.7. The fourth-order valence-corrected chi connectivity index (χ4v) is 2.89. The van der Waals surface area contributed by atoms with Crippen LogP contribution in [0.3, 0.4) is 0 Å². The van der Waals surface area contributed by atoms with Crippen molar-refractivity contribution in [1.82, 2.24) is 0 Å². The van der Waals surface area contributed by atoms with Gasteiger partial charge in [0.25, 0.3) is 5.91 Å². The van der Waals surface area contributed by atoms with Crippen molar-refractivity contribution in [3.63, 3.8) is 0 Å². The van der Waals surface area contributed by atoms with Crippen LogP contribution in [-0.2, 0) is 9.53 Å². The lowest BCUT2D eigenvalue weighted by atomic mass is 10.1. The van der Waals surface area contributed by atoms with Crippen LogP contribution in [0.5, 0.6) is 28.7 Å². The highest BCUT2D eigenvalue weighted by Crippen LogP contribution is 2.40. The standard InChI is InChI=1S/C20H19NO8/c1-11(19(22)21-13-3-4-14-15(9-13)28-10-27-14)29-20(23)12-7-16(24-2)18-17(8-12)25-5-6-26-18/h3-4,7-9,11H,5-6,10H2,1-2H3,(H,21,22)/t11-/m0/s1. The predicted octanol–water partition coefficient (Wildman–Crippen LogP) is 2.38. The molecule has 0 fully saturated rings. The molecule has 1 amide bonds. The molecule has 152 valence electrons. The summed E-state index contributed by atoms with van der Waals surface area (Å²) >= 11 is 0. The summed E-state index contributed by atoms with van der Waals surface area (Å²) in [6.07, 6.45) is -1.04. The van der Waals surface area contributed by atoms with Crippen molar-refractivity contribution in [3.8, 4) is 28.7 Å². The second-order valence-corrected chi connectivity index (χ2v) is 6.31. The minimum Gasteiger partial charge on any atom is -0.493 e. The van der Waals surface area contributed by atoms with E-state index in [9.17, 15) is 9.59 Å². The molecule has 2 aliphatic heterocycles. The van der Waals surface area contributed by atoms with Crippen molar-refractivity contribution in [2.45, 2.75) is 13.0 Å². The quantitative estimate of drug-likeness (QED) is 0.762. The number of hydrogen-bond acceptors (Lipinski definition) is 8. The highest BCUT2D eigenvalue weighted by atomic mass is 16.7. The van der Waals surface area contributed by atoms with E-state index in [2.05, 4.69) is 5.32 Å². The number of anilines is 1. The third-order valence-corrected chi connectivity index (χ3v) is 4.36. The van der Waals surface area contributed by atoms with Crippen molar-refractivity contribution < 1.29 is 38.0 Å². The third kappa shape index (κ3) is 3.84. The van der Waals surface area contributed by atoms with Crippen LogP contribution in [0.2, 0.25) is 0 Å². The van der Waals surface area contributed by atoms with Gasteiger partial charge in [-0.15, -0.1) is 0 Å². The lowest BCUT2D eigenvalue weighted by Crippen LogP contribution is -2.30. The Morgan fingerprint density at radius 2 is 1.79 bits per heavy atom. The van der Waals surface area contributed by atoms with Gasteiger partial charge in [-0.25, -0.2) is 4.79 Å². The van der Waals surface area contributed by atoms with Crippen molar-refractivity contribution in [3.05, 3.63) is 35.9 Å². The molecule has 1 N–H and O–H groups in total. The molecule has 2 heterocycles. The molecular formula is C20H19NO8. The normalized spacial score (nSPS) is 14.7. The summed E-state index contributed by atoms with van der Waals surface area (Å²) in [4.78, 5) is 24.9. The molecule has 0 saturated carbocycles. The van der Waals surface area contributed by atoms with E-state index in [1.807, 2.05) is 0 Å². The topological polar surface area (TPSA) is 102 Å². The first-order chi connectivity index (χ1) is 14.0. The molecule has 2 aromatic rings. The fourth-order valence-electron chi connectivity index (χ4n) is 2.89. The zero-order valence-electron chi connectivity index (χ0n) is 15.9. The Hall–Kier alpha value is -3.62. The number of rotatable bonds is 5. The molecule has 1 atom stereocenters. The van der Waals surface area contributed by atoms with Gasteiger partial charge in [-0.1, -0.05) is 0 Å². The number of fused-ring (bicyclic) bond motifs is 2. The first-order valence-electron chi connectivity index (χ1n) is 8.94. The van der Waals surface area contributed by atoms with Gasteiger partial charge in [0.1, 0.15) is 13.2 Å². The van der Waals surface area contributed by atoms with Crippen LogP contribution in [0.25, 0.3) is 0 Å². The fraction of sp³-hybridized carbons (Fsp3) is 0.300. The maximum Gasteiger partial charge on any atom is 0.339 e. The lowest BCUT2D eigenvalue weighted by Gasteiger charge is -2.21. The minimum absolute atomic E-state index is 0.139. The van der Waals surface area contributed by atoms with E-state index in [1.165, 1.54) is 26.2 Å². The zero-order valence-corrected chi connectivity index (χ0v) is 15.9. The van der Waals surface area contributed by atoms with Crippen molar-refractivity contribution >= 4 is 17.6 Å². The molecule has 0 bridgehead atoms. The number of carbonyl (C=O) groups is 2. The molecule has 9 heteroatoms. The number of hydrogen-bond donors (Lipinski definition) is 1. The number of amides is 1. The first-order valence-corrected chi connectivity index (χ1v) is 8.94. The Labute approximate surface area is 166 Å². The molecular weight excluding hydrogens is 382 g/mol. The highest BCUT2D eigenvalue weighted by molar-refractivity contribution is 5.98. The van der Waals surface area contributed by atoms with E-state index < -0.39 is 18.0 Å². The Morgan fingerprint density at radius 3 is 2.62 bits per heavy atom. The summed E-state index contributed by atoms with van der Waals surface area (Å²) in [7, 11) is 1.46. The second-order valence-electron chi connectivity index (χ2n) is 6.31. The van der Waals surface area contributed by atoms with Gasteiger partial charge in [-0.05, 0) is 31.2 Å². The van der Waals surface area contributed by atoms with Gasteiger partial charge in [0, 0.05) is 11.8 Å². The number of esters is 1. The Balaban J connectivity index is 1.43. The molecule has 9 nitrogen and oxygen atoms in total. The highest BCUT2D eigenvalue weighted by Gasteiger charge is 2.24. The maximum atomic E-state index is 12.5. The summed E-state index contributed by atoms with van der Waals surface area (Å²) in [5, 5.41) is 2.68. The largest absolute Gasteiger partial charge is 0.493 e. The summed E-state index contributed by atoms with van der Waals surface area (Å²) in [5.41, 5.74) is 0.692. The van der Waals surface area contributed by atoms with Gasteiger partial charge in [-0.3, -0.25) is 4.79 Å². The van der Waals surface area contributed by atoms with E-state index in [0.717, 1.165) is 0 Å². The molecule has 2 aliphatic rings. The molecule has 4 rings (SSSR count). The average molecular weight is 401 g/mol. The summed E-state index contributed by atoms with van der Waals surface area (Å²) in [5.74, 6) is 1.15. The lowest BCUT2D eigenvalue weighted by molar-refractivity contribution is -0.123. The predicted molar refractivity (Wildman–Crippen MR) is 100 cm³/mol. The van der Waals surface area contributed by atoms with Crippen LogP contribution in [0.1, 0.15) is 17.3 Å². The summed E-state index contributed by atoms with van der Waals surface area (Å²) in [6, 6.07) is 7.99. The average Bonchev–Trinajstić information content (AvgIpc) is 3.20. The van der Waals surface area contributed by atoms with Crippen LogP contribution in [0.15, 0.2) is 30.3 Å². The molecule has 0 aromatic heterocycles. The van der Waals surface area contributed by atoms with Gasteiger partial charge in [0.05, 0.1) is 12.7 Å². The van der Waals surface area contributed by atoms with Crippen LogP contribution >= 0.6 is 0 Å². The second kappa shape index (κ2) is 7.78. The molecule has 2 aromatic carbocycles. The van der Waals surface area contributed by atoms with Crippen molar-refractivity contribution in [2.24, 2.45) is 0 Å². The van der Waals surface area contributed by atoms with E-state index in [-0.39, 0.29) is 12.4 Å². The van der Waals surface area contributed by atoms with Gasteiger partial charge in [0.15, 0.2) is 29.1 Å². The molecule has 0 saturated heterocycles. The Kier molecular flexibility index (Phi) is 5.03. The summed E-state index contributed by atoms with van der Waals surface area (Å²) in [6.45, 7) is 2.38. The van der Waals surface area contributed by atoms with Gasteiger partial charge in [-0.2, -0.15) is 0 Å². The third-order valence-electron chi connectivity index (χ3n) is 4.36. The molecule has 0 radical (unpaired) electrons. The summed E-state index contributed by atoms with van der Waals surface area (Å²) < 4.78 is 32.1. The van der Waals surface area contributed by atoms with E-state index in [1.54, 1.807) is 18.2 Å². The monoisotopic (exact) mass is 401 g/mol. The number of ether oxygens (including phenoxy) is 6.